The van der Waals surface area contributed by atoms with Crippen LogP contribution in [-0.4, -0.2) is 0 Å². The van der Waals surface area contributed by atoms with Crippen molar-refractivity contribution >= 4 is 44.4 Å². The zero-order chi connectivity index (χ0) is 10.3. The summed E-state index contributed by atoms with van der Waals surface area (Å²) >= 11 is 9.86. The highest BCUT2D eigenvalue weighted by Gasteiger charge is 2.11. The van der Waals surface area contributed by atoms with E-state index in [9.17, 15) is 0 Å². The van der Waals surface area contributed by atoms with E-state index < -0.39 is 0 Å². The van der Waals surface area contributed by atoms with Gasteiger partial charge in [0.1, 0.15) is 0 Å². The fraction of sp³-hybridized carbons (Fsp3) is 0. The van der Waals surface area contributed by atoms with Gasteiger partial charge in [-0.3, -0.25) is 0 Å². The van der Waals surface area contributed by atoms with Crippen LogP contribution >= 0.6 is 34.3 Å². The molecule has 0 amide bonds. The van der Waals surface area contributed by atoms with E-state index in [1.165, 1.54) is 14.5 Å². The molecule has 3 aromatic rings. The van der Waals surface area contributed by atoms with E-state index in [1.54, 1.807) is 22.7 Å². The molecule has 2 heterocycles. The van der Waals surface area contributed by atoms with Crippen molar-refractivity contribution in [2.75, 3.05) is 0 Å². The molecule has 0 aliphatic rings. The minimum Gasteiger partial charge on any atom is -0.143 e. The van der Waals surface area contributed by atoms with Gasteiger partial charge in [-0.1, -0.05) is 35.9 Å². The van der Waals surface area contributed by atoms with E-state index in [2.05, 4.69) is 29.6 Å². The predicted molar refractivity (Wildman–Crippen MR) is 70.1 cm³/mol. The van der Waals surface area contributed by atoms with Crippen molar-refractivity contribution in [2.45, 2.75) is 0 Å². The number of benzene rings is 1. The van der Waals surface area contributed by atoms with Crippen LogP contribution in [0, 0.1) is 0 Å². The summed E-state index contributed by atoms with van der Waals surface area (Å²) in [7, 11) is 0. The Hall–Kier alpha value is -0.830. The number of thiophene rings is 2. The minimum atomic E-state index is 0.887. The van der Waals surface area contributed by atoms with Crippen molar-refractivity contribution in [3.8, 4) is 9.75 Å². The van der Waals surface area contributed by atoms with Gasteiger partial charge in [0.2, 0.25) is 0 Å². The third-order valence-electron chi connectivity index (χ3n) is 2.28. The lowest BCUT2D eigenvalue weighted by Crippen LogP contribution is -1.64. The quantitative estimate of drug-likeness (QED) is 0.551. The first kappa shape index (κ1) is 9.40. The second-order valence-electron chi connectivity index (χ2n) is 3.22. The summed E-state index contributed by atoms with van der Waals surface area (Å²) in [5, 5.41) is 4.13. The third kappa shape index (κ3) is 1.49. The molecule has 0 saturated carbocycles. The average molecular weight is 251 g/mol. The lowest BCUT2D eigenvalue weighted by Gasteiger charge is -1.91. The van der Waals surface area contributed by atoms with Crippen LogP contribution in [0.5, 0.6) is 0 Å². The van der Waals surface area contributed by atoms with Gasteiger partial charge in [-0.25, -0.2) is 0 Å². The molecule has 0 bridgehead atoms. The second kappa shape index (κ2) is 3.63. The highest BCUT2D eigenvalue weighted by molar-refractivity contribution is 7.26. The van der Waals surface area contributed by atoms with Gasteiger partial charge in [0.15, 0.2) is 0 Å². The number of hydrogen-bond acceptors (Lipinski definition) is 2. The SMILES string of the molecule is Clc1c(-c2cccs2)sc2ccccc12. The fourth-order valence-electron chi connectivity index (χ4n) is 1.58. The summed E-state index contributed by atoms with van der Waals surface area (Å²) in [4.78, 5) is 2.44. The molecule has 15 heavy (non-hydrogen) atoms. The van der Waals surface area contributed by atoms with Gasteiger partial charge >= 0.3 is 0 Å². The summed E-state index contributed by atoms with van der Waals surface area (Å²) in [5.74, 6) is 0. The molecule has 1 aromatic carbocycles. The number of hydrogen-bond donors (Lipinski definition) is 0. The smallest absolute Gasteiger partial charge is 0.0679 e. The molecule has 0 fully saturated rings. The number of fused-ring (bicyclic) bond motifs is 1. The molecule has 74 valence electrons. The second-order valence-corrected chi connectivity index (χ2v) is 5.60. The van der Waals surface area contributed by atoms with E-state index in [0.717, 1.165) is 10.4 Å². The fourth-order valence-corrected chi connectivity index (χ4v) is 4.03. The Morgan fingerprint density at radius 2 is 1.87 bits per heavy atom. The Kier molecular flexibility index (Phi) is 2.28. The largest absolute Gasteiger partial charge is 0.143 e. The Balaban J connectivity index is 2.33. The van der Waals surface area contributed by atoms with Crippen LogP contribution in [0.2, 0.25) is 5.02 Å². The van der Waals surface area contributed by atoms with Gasteiger partial charge in [-0.05, 0) is 17.5 Å². The maximum Gasteiger partial charge on any atom is 0.0679 e. The molecule has 0 aliphatic carbocycles. The Labute approximate surface area is 101 Å². The van der Waals surface area contributed by atoms with Gasteiger partial charge in [-0.2, -0.15) is 0 Å². The number of halogens is 1. The molecule has 0 spiro atoms. The van der Waals surface area contributed by atoms with Crippen LogP contribution < -0.4 is 0 Å². The van der Waals surface area contributed by atoms with Crippen LogP contribution in [0.4, 0.5) is 0 Å². The van der Waals surface area contributed by atoms with Crippen molar-refractivity contribution in [1.29, 1.82) is 0 Å². The minimum absolute atomic E-state index is 0.887. The molecule has 0 radical (unpaired) electrons. The summed E-state index contributed by atoms with van der Waals surface area (Å²) in [6, 6.07) is 12.4. The van der Waals surface area contributed by atoms with E-state index >= 15 is 0 Å². The average Bonchev–Trinajstić information content (AvgIpc) is 2.87. The predicted octanol–water partition coefficient (Wildman–Crippen LogP) is 5.28. The molecular weight excluding hydrogens is 244 g/mol. The summed E-state index contributed by atoms with van der Waals surface area (Å²) in [5.41, 5.74) is 0. The molecule has 0 unspecified atom stereocenters. The summed E-state index contributed by atoms with van der Waals surface area (Å²) < 4.78 is 1.26. The Bertz CT molecular complexity index is 593. The Morgan fingerprint density at radius 1 is 1.00 bits per heavy atom. The van der Waals surface area contributed by atoms with Crippen LogP contribution in [0.25, 0.3) is 19.8 Å². The maximum absolute atomic E-state index is 6.37. The maximum atomic E-state index is 6.37. The molecule has 0 N–H and O–H groups in total. The van der Waals surface area contributed by atoms with Crippen molar-refractivity contribution < 1.29 is 0 Å². The Morgan fingerprint density at radius 3 is 2.60 bits per heavy atom. The zero-order valence-corrected chi connectivity index (χ0v) is 10.1. The van der Waals surface area contributed by atoms with E-state index in [4.69, 9.17) is 11.6 Å². The molecule has 2 aromatic heterocycles. The summed E-state index contributed by atoms with van der Waals surface area (Å²) in [6.45, 7) is 0. The first-order valence-corrected chi connectivity index (χ1v) is 6.64. The van der Waals surface area contributed by atoms with Gasteiger partial charge in [0.25, 0.3) is 0 Å². The van der Waals surface area contributed by atoms with Crippen molar-refractivity contribution in [3.05, 3.63) is 46.8 Å². The van der Waals surface area contributed by atoms with Crippen LogP contribution in [0.15, 0.2) is 41.8 Å². The normalized spacial score (nSPS) is 11.0. The molecule has 0 atom stereocenters. The lowest BCUT2D eigenvalue weighted by molar-refractivity contribution is 1.85. The van der Waals surface area contributed by atoms with Crippen molar-refractivity contribution in [2.24, 2.45) is 0 Å². The monoisotopic (exact) mass is 250 g/mol. The number of rotatable bonds is 1. The van der Waals surface area contributed by atoms with Crippen LogP contribution in [-0.2, 0) is 0 Å². The molecule has 3 heteroatoms. The van der Waals surface area contributed by atoms with E-state index in [1.807, 2.05) is 12.1 Å². The van der Waals surface area contributed by atoms with Crippen LogP contribution in [0.3, 0.4) is 0 Å². The summed E-state index contributed by atoms with van der Waals surface area (Å²) in [6.07, 6.45) is 0. The molecule has 3 rings (SSSR count). The van der Waals surface area contributed by atoms with Gasteiger partial charge < -0.3 is 0 Å². The van der Waals surface area contributed by atoms with Crippen LogP contribution in [0.1, 0.15) is 0 Å². The van der Waals surface area contributed by atoms with Crippen molar-refractivity contribution in [3.63, 3.8) is 0 Å². The molecular formula is C12H7ClS2. The van der Waals surface area contributed by atoms with E-state index in [-0.39, 0.29) is 0 Å². The topological polar surface area (TPSA) is 0 Å². The molecule has 0 aliphatic heterocycles. The molecule has 0 saturated heterocycles. The highest BCUT2D eigenvalue weighted by Crippen LogP contribution is 2.43. The van der Waals surface area contributed by atoms with Gasteiger partial charge in [-0.15, -0.1) is 22.7 Å². The highest BCUT2D eigenvalue weighted by atomic mass is 35.5. The third-order valence-corrected chi connectivity index (χ3v) is 5.01. The van der Waals surface area contributed by atoms with Crippen molar-refractivity contribution in [1.82, 2.24) is 0 Å². The standard InChI is InChI=1S/C12H7ClS2/c13-11-8-4-1-2-5-9(8)15-12(11)10-6-3-7-14-10/h1-7H. The lowest BCUT2D eigenvalue weighted by atomic mass is 10.2. The first-order chi connectivity index (χ1) is 7.36. The van der Waals surface area contributed by atoms with Gasteiger partial charge in [0, 0.05) is 15.0 Å². The van der Waals surface area contributed by atoms with E-state index in [0.29, 0.717) is 0 Å². The van der Waals surface area contributed by atoms with Gasteiger partial charge in [0.05, 0.1) is 9.90 Å². The first-order valence-electron chi connectivity index (χ1n) is 4.57. The zero-order valence-electron chi connectivity index (χ0n) is 7.74. The molecule has 0 nitrogen and oxygen atoms in total.